The quantitative estimate of drug-likeness (QED) is 0.590. The lowest BCUT2D eigenvalue weighted by molar-refractivity contribution is 1.03. The maximum Gasteiger partial charge on any atom is 0.152 e. The van der Waals surface area contributed by atoms with Crippen molar-refractivity contribution in [2.75, 3.05) is 5.73 Å². The summed E-state index contributed by atoms with van der Waals surface area (Å²) < 4.78 is 0. The lowest BCUT2D eigenvalue weighted by atomic mass is 10.3. The van der Waals surface area contributed by atoms with E-state index in [1.165, 1.54) is 0 Å². The summed E-state index contributed by atoms with van der Waals surface area (Å²) in [6, 6.07) is 1.67. The van der Waals surface area contributed by atoms with E-state index in [1.54, 1.807) is 6.07 Å². The first-order valence-corrected chi connectivity index (χ1v) is 2.83. The van der Waals surface area contributed by atoms with Gasteiger partial charge in [0, 0.05) is 0 Å². The number of hydrogen-bond donors (Lipinski definition) is 1. The van der Waals surface area contributed by atoms with Gasteiger partial charge in [0.15, 0.2) is 5.15 Å². The van der Waals surface area contributed by atoms with Gasteiger partial charge in [0.25, 0.3) is 0 Å². The van der Waals surface area contributed by atoms with Crippen LogP contribution in [0.5, 0.6) is 0 Å². The second-order valence-electron chi connectivity index (χ2n) is 1.74. The van der Waals surface area contributed by atoms with Gasteiger partial charge < -0.3 is 5.73 Å². The smallest absolute Gasteiger partial charge is 0.152 e. The molecule has 0 aliphatic heterocycles. The van der Waals surface area contributed by atoms with Crippen LogP contribution in [-0.4, -0.2) is 10.2 Å². The van der Waals surface area contributed by atoms with Crippen LogP contribution < -0.4 is 5.73 Å². The van der Waals surface area contributed by atoms with E-state index in [-0.39, 0.29) is 0 Å². The fourth-order valence-electron chi connectivity index (χ4n) is 0.462. The molecule has 0 saturated heterocycles. The van der Waals surface area contributed by atoms with Gasteiger partial charge in [0.05, 0.1) is 0 Å². The maximum atomic E-state index is 5.49. The van der Waals surface area contributed by atoms with Gasteiger partial charge in [-0.25, -0.2) is 0 Å². The van der Waals surface area contributed by atoms with Gasteiger partial charge in [-0.05, 0) is 18.6 Å². The van der Waals surface area contributed by atoms with Gasteiger partial charge in [0.2, 0.25) is 0 Å². The molecule has 2 N–H and O–H groups in total. The summed E-state index contributed by atoms with van der Waals surface area (Å²) in [6.45, 7) is 1.83. The van der Waals surface area contributed by atoms with Crippen LogP contribution in [-0.2, 0) is 0 Å². The van der Waals surface area contributed by atoms with Gasteiger partial charge >= 0.3 is 0 Å². The molecule has 0 fully saturated rings. The Labute approximate surface area is 57.8 Å². The molecule has 1 rings (SSSR count). The number of nitrogen functional groups attached to an aromatic ring is 1. The molecule has 0 bridgehead atoms. The Kier molecular flexibility index (Phi) is 1.53. The largest absolute Gasteiger partial charge is 0.382 e. The number of aromatic nitrogens is 2. The Morgan fingerprint density at radius 1 is 1.56 bits per heavy atom. The molecular formula is C5H6ClN3. The molecule has 9 heavy (non-hydrogen) atoms. The summed E-state index contributed by atoms with van der Waals surface area (Å²) in [6.07, 6.45) is 0. The minimum absolute atomic E-state index is 0.377. The van der Waals surface area contributed by atoms with Crippen molar-refractivity contribution in [3.8, 4) is 0 Å². The Hall–Kier alpha value is -0.830. The second kappa shape index (κ2) is 2.19. The number of anilines is 1. The zero-order valence-electron chi connectivity index (χ0n) is 4.93. The van der Waals surface area contributed by atoms with Gasteiger partial charge in [0.1, 0.15) is 5.82 Å². The molecule has 48 valence electrons. The molecule has 0 spiro atoms. The van der Waals surface area contributed by atoms with Crippen molar-refractivity contribution in [1.82, 2.24) is 10.2 Å². The summed E-state index contributed by atoms with van der Waals surface area (Å²) in [5.41, 5.74) is 6.21. The molecule has 1 aromatic heterocycles. The summed E-state index contributed by atoms with van der Waals surface area (Å²) in [7, 11) is 0. The number of rotatable bonds is 0. The topological polar surface area (TPSA) is 51.8 Å². The Morgan fingerprint density at radius 2 is 2.22 bits per heavy atom. The third-order valence-corrected chi connectivity index (χ3v) is 1.18. The minimum Gasteiger partial charge on any atom is -0.382 e. The third kappa shape index (κ3) is 1.29. The average molecular weight is 144 g/mol. The molecule has 1 aromatic rings. The Balaban J connectivity index is 3.17. The monoisotopic (exact) mass is 143 g/mol. The summed E-state index contributed by atoms with van der Waals surface area (Å²) in [5, 5.41) is 7.48. The molecule has 0 amide bonds. The first kappa shape index (κ1) is 6.29. The van der Waals surface area contributed by atoms with Gasteiger partial charge in [-0.1, -0.05) is 11.6 Å². The molecule has 0 aliphatic carbocycles. The molecule has 4 heteroatoms. The molecule has 0 atom stereocenters. The zero-order chi connectivity index (χ0) is 6.85. The van der Waals surface area contributed by atoms with Crippen LogP contribution in [0.4, 0.5) is 5.82 Å². The molecule has 3 nitrogen and oxygen atoms in total. The van der Waals surface area contributed by atoms with Crippen LogP contribution in [0.15, 0.2) is 6.07 Å². The first-order valence-electron chi connectivity index (χ1n) is 2.45. The Bertz CT molecular complexity index is 223. The van der Waals surface area contributed by atoms with Crippen LogP contribution in [0.1, 0.15) is 5.56 Å². The van der Waals surface area contributed by atoms with E-state index < -0.39 is 0 Å². The molecule has 0 unspecified atom stereocenters. The summed E-state index contributed by atoms with van der Waals surface area (Å²) >= 11 is 5.49. The Morgan fingerprint density at radius 3 is 2.67 bits per heavy atom. The SMILES string of the molecule is Cc1cc(Cl)nnc1N. The third-order valence-electron chi connectivity index (χ3n) is 0.993. The van der Waals surface area contributed by atoms with Crippen molar-refractivity contribution in [2.24, 2.45) is 0 Å². The van der Waals surface area contributed by atoms with Crippen LogP contribution in [0.3, 0.4) is 0 Å². The lowest BCUT2D eigenvalue weighted by Gasteiger charge is -1.94. The van der Waals surface area contributed by atoms with Crippen LogP contribution in [0.25, 0.3) is 0 Å². The highest BCUT2D eigenvalue weighted by atomic mass is 35.5. The highest BCUT2D eigenvalue weighted by molar-refractivity contribution is 6.29. The van der Waals surface area contributed by atoms with Crippen molar-refractivity contribution >= 4 is 17.4 Å². The summed E-state index contributed by atoms with van der Waals surface area (Å²) in [4.78, 5) is 0. The maximum absolute atomic E-state index is 5.49. The number of nitrogens with two attached hydrogens (primary N) is 1. The molecule has 1 heterocycles. The predicted molar refractivity (Wildman–Crippen MR) is 36.2 cm³/mol. The van der Waals surface area contributed by atoms with Crippen molar-refractivity contribution in [2.45, 2.75) is 6.92 Å². The number of halogens is 1. The highest BCUT2D eigenvalue weighted by Gasteiger charge is 1.94. The fraction of sp³-hybridized carbons (Fsp3) is 0.200. The van der Waals surface area contributed by atoms with Crippen LogP contribution in [0.2, 0.25) is 5.15 Å². The van der Waals surface area contributed by atoms with Crippen LogP contribution >= 0.6 is 11.6 Å². The highest BCUT2D eigenvalue weighted by Crippen LogP contribution is 2.09. The molecule has 0 saturated carbocycles. The van der Waals surface area contributed by atoms with Crippen molar-refractivity contribution < 1.29 is 0 Å². The van der Waals surface area contributed by atoms with Crippen LogP contribution in [0, 0.1) is 6.92 Å². The van der Waals surface area contributed by atoms with E-state index in [0.29, 0.717) is 11.0 Å². The van der Waals surface area contributed by atoms with Crippen molar-refractivity contribution in [3.05, 3.63) is 16.8 Å². The van der Waals surface area contributed by atoms with E-state index in [9.17, 15) is 0 Å². The molecule has 0 aromatic carbocycles. The number of aryl methyl sites for hydroxylation is 1. The van der Waals surface area contributed by atoms with E-state index in [0.717, 1.165) is 5.56 Å². The number of hydrogen-bond acceptors (Lipinski definition) is 3. The second-order valence-corrected chi connectivity index (χ2v) is 2.12. The molecule has 0 radical (unpaired) electrons. The van der Waals surface area contributed by atoms with Gasteiger partial charge in [-0.2, -0.15) is 0 Å². The van der Waals surface area contributed by atoms with Crippen molar-refractivity contribution in [1.29, 1.82) is 0 Å². The minimum atomic E-state index is 0.377. The number of nitrogens with zero attached hydrogens (tertiary/aromatic N) is 2. The van der Waals surface area contributed by atoms with Crippen molar-refractivity contribution in [3.63, 3.8) is 0 Å². The average Bonchev–Trinajstić information content (AvgIpc) is 1.80. The normalized spacial score (nSPS) is 9.56. The fourth-order valence-corrected chi connectivity index (χ4v) is 0.663. The lowest BCUT2D eigenvalue weighted by Crippen LogP contribution is -1.95. The van der Waals surface area contributed by atoms with E-state index in [1.807, 2.05) is 6.92 Å². The molecular weight excluding hydrogens is 138 g/mol. The van der Waals surface area contributed by atoms with E-state index >= 15 is 0 Å². The first-order chi connectivity index (χ1) is 4.20. The van der Waals surface area contributed by atoms with Gasteiger partial charge in [-0.15, -0.1) is 10.2 Å². The molecule has 0 aliphatic rings. The summed E-state index contributed by atoms with van der Waals surface area (Å²) in [5.74, 6) is 0.430. The van der Waals surface area contributed by atoms with E-state index in [4.69, 9.17) is 17.3 Å². The van der Waals surface area contributed by atoms with E-state index in [2.05, 4.69) is 10.2 Å². The zero-order valence-corrected chi connectivity index (χ0v) is 5.68. The van der Waals surface area contributed by atoms with Gasteiger partial charge in [-0.3, -0.25) is 0 Å². The standard InChI is InChI=1S/C5H6ClN3/c1-3-2-4(6)8-9-5(3)7/h2H,1H3,(H2,7,9). The predicted octanol–water partition coefficient (Wildman–Crippen LogP) is 1.02.